The Morgan fingerprint density at radius 2 is 1.63 bits per heavy atom. The second kappa shape index (κ2) is 5.49. The first kappa shape index (κ1) is 13.7. The van der Waals surface area contributed by atoms with E-state index in [2.05, 4.69) is 0 Å². The van der Waals surface area contributed by atoms with Gasteiger partial charge in [0.05, 0.1) is 6.10 Å². The predicted molar refractivity (Wildman–Crippen MR) is 70.9 cm³/mol. The molecule has 0 fully saturated rings. The van der Waals surface area contributed by atoms with Crippen molar-refractivity contribution in [2.45, 2.75) is 25.9 Å². The van der Waals surface area contributed by atoms with Gasteiger partial charge in [0.25, 0.3) is 0 Å². The van der Waals surface area contributed by atoms with Crippen molar-refractivity contribution in [3.05, 3.63) is 70.8 Å². The maximum Gasteiger partial charge on any atom is 0.131 e. The van der Waals surface area contributed by atoms with Gasteiger partial charge in [0.1, 0.15) is 11.6 Å². The topological polar surface area (TPSA) is 20.2 Å². The summed E-state index contributed by atoms with van der Waals surface area (Å²) < 4.78 is 27.0. The van der Waals surface area contributed by atoms with Crippen molar-refractivity contribution in [3.8, 4) is 0 Å². The van der Waals surface area contributed by atoms with Crippen molar-refractivity contribution in [1.29, 1.82) is 0 Å². The Labute approximate surface area is 111 Å². The monoisotopic (exact) mass is 262 g/mol. The molecule has 0 aliphatic heterocycles. The number of rotatable bonds is 3. The van der Waals surface area contributed by atoms with Gasteiger partial charge >= 0.3 is 0 Å². The molecule has 2 unspecified atom stereocenters. The van der Waals surface area contributed by atoms with Gasteiger partial charge in [-0.2, -0.15) is 0 Å². The average Bonchev–Trinajstić information content (AvgIpc) is 2.42. The van der Waals surface area contributed by atoms with E-state index < -0.39 is 17.7 Å². The zero-order valence-corrected chi connectivity index (χ0v) is 10.9. The molecule has 2 aromatic carbocycles. The Hall–Kier alpha value is -1.74. The molecule has 2 aromatic rings. The van der Waals surface area contributed by atoms with E-state index in [1.165, 1.54) is 6.07 Å². The zero-order chi connectivity index (χ0) is 14.0. The van der Waals surface area contributed by atoms with Crippen molar-refractivity contribution < 1.29 is 13.9 Å². The SMILES string of the molecule is Cc1cc(C(O)C(C)c2ccccc2)c(F)cc1F. The minimum absolute atomic E-state index is 0.134. The molecule has 100 valence electrons. The largest absolute Gasteiger partial charge is 0.388 e. The van der Waals surface area contributed by atoms with E-state index >= 15 is 0 Å². The quantitative estimate of drug-likeness (QED) is 0.882. The third-order valence-corrected chi connectivity index (χ3v) is 3.40. The molecule has 2 rings (SSSR count). The first-order chi connectivity index (χ1) is 9.00. The van der Waals surface area contributed by atoms with E-state index in [0.717, 1.165) is 11.6 Å². The molecule has 2 atom stereocenters. The summed E-state index contributed by atoms with van der Waals surface area (Å²) in [5.41, 5.74) is 1.38. The van der Waals surface area contributed by atoms with Crippen molar-refractivity contribution in [3.63, 3.8) is 0 Å². The normalized spacial score (nSPS) is 14.2. The van der Waals surface area contributed by atoms with Gasteiger partial charge in [0.15, 0.2) is 0 Å². The molecule has 1 nitrogen and oxygen atoms in total. The molecule has 3 heteroatoms. The van der Waals surface area contributed by atoms with Crippen LogP contribution in [-0.4, -0.2) is 5.11 Å². The van der Waals surface area contributed by atoms with E-state index in [0.29, 0.717) is 5.56 Å². The summed E-state index contributed by atoms with van der Waals surface area (Å²) in [6, 6.07) is 11.6. The Bertz CT molecular complexity index is 566. The van der Waals surface area contributed by atoms with Crippen LogP contribution in [0.1, 0.15) is 35.6 Å². The lowest BCUT2D eigenvalue weighted by atomic mass is 9.90. The van der Waals surface area contributed by atoms with Crippen LogP contribution < -0.4 is 0 Å². The summed E-state index contributed by atoms with van der Waals surface area (Å²) in [5.74, 6) is -1.57. The molecule has 0 radical (unpaired) electrons. The number of benzene rings is 2. The number of aliphatic hydroxyl groups excluding tert-OH is 1. The molecule has 0 aromatic heterocycles. The highest BCUT2D eigenvalue weighted by Gasteiger charge is 2.22. The predicted octanol–water partition coefficient (Wildman–Crippen LogP) is 4.11. The third-order valence-electron chi connectivity index (χ3n) is 3.40. The summed E-state index contributed by atoms with van der Waals surface area (Å²) in [6.07, 6.45) is -0.998. The molecule has 0 spiro atoms. The fourth-order valence-electron chi connectivity index (χ4n) is 2.11. The molecule has 0 saturated carbocycles. The Morgan fingerprint density at radius 1 is 1.00 bits per heavy atom. The minimum atomic E-state index is -0.998. The van der Waals surface area contributed by atoms with Crippen LogP contribution in [0.4, 0.5) is 8.78 Å². The van der Waals surface area contributed by atoms with Crippen molar-refractivity contribution in [2.24, 2.45) is 0 Å². The molecule has 0 saturated heterocycles. The van der Waals surface area contributed by atoms with Gasteiger partial charge < -0.3 is 5.11 Å². The molecule has 0 amide bonds. The second-order valence-electron chi connectivity index (χ2n) is 4.77. The molecule has 0 heterocycles. The summed E-state index contributed by atoms with van der Waals surface area (Å²) in [4.78, 5) is 0. The Balaban J connectivity index is 2.34. The van der Waals surface area contributed by atoms with Crippen molar-refractivity contribution in [1.82, 2.24) is 0 Å². The maximum atomic E-state index is 13.8. The van der Waals surface area contributed by atoms with Crippen LogP contribution in [0.3, 0.4) is 0 Å². The second-order valence-corrected chi connectivity index (χ2v) is 4.77. The fraction of sp³-hybridized carbons (Fsp3) is 0.250. The van der Waals surface area contributed by atoms with Gasteiger partial charge in [-0.05, 0) is 24.1 Å². The lowest BCUT2D eigenvalue weighted by Crippen LogP contribution is -2.10. The van der Waals surface area contributed by atoms with Crippen LogP contribution in [0.15, 0.2) is 42.5 Å². The van der Waals surface area contributed by atoms with Gasteiger partial charge in [-0.25, -0.2) is 8.78 Å². The average molecular weight is 262 g/mol. The summed E-state index contributed by atoms with van der Waals surface area (Å²) in [5, 5.41) is 10.3. The smallest absolute Gasteiger partial charge is 0.131 e. The van der Waals surface area contributed by atoms with Crippen LogP contribution in [-0.2, 0) is 0 Å². The Morgan fingerprint density at radius 3 is 2.26 bits per heavy atom. The van der Waals surface area contributed by atoms with Gasteiger partial charge in [-0.3, -0.25) is 0 Å². The highest BCUT2D eigenvalue weighted by atomic mass is 19.1. The molecule has 19 heavy (non-hydrogen) atoms. The minimum Gasteiger partial charge on any atom is -0.388 e. The highest BCUT2D eigenvalue weighted by molar-refractivity contribution is 5.31. The van der Waals surface area contributed by atoms with E-state index in [4.69, 9.17) is 0 Å². The zero-order valence-electron chi connectivity index (χ0n) is 10.9. The highest BCUT2D eigenvalue weighted by Crippen LogP contribution is 2.32. The lowest BCUT2D eigenvalue weighted by molar-refractivity contribution is 0.147. The lowest BCUT2D eigenvalue weighted by Gasteiger charge is -2.20. The Kier molecular flexibility index (Phi) is 3.96. The summed E-state index contributed by atoms with van der Waals surface area (Å²) in [6.45, 7) is 3.37. The summed E-state index contributed by atoms with van der Waals surface area (Å²) >= 11 is 0. The molecule has 0 aliphatic rings. The van der Waals surface area contributed by atoms with E-state index in [-0.39, 0.29) is 11.5 Å². The van der Waals surface area contributed by atoms with E-state index in [1.807, 2.05) is 37.3 Å². The first-order valence-electron chi connectivity index (χ1n) is 6.19. The van der Waals surface area contributed by atoms with E-state index in [1.54, 1.807) is 6.92 Å². The van der Waals surface area contributed by atoms with Crippen molar-refractivity contribution >= 4 is 0 Å². The fourth-order valence-corrected chi connectivity index (χ4v) is 2.11. The van der Waals surface area contributed by atoms with Crippen LogP contribution in [0.5, 0.6) is 0 Å². The number of aryl methyl sites for hydroxylation is 1. The van der Waals surface area contributed by atoms with E-state index in [9.17, 15) is 13.9 Å². The van der Waals surface area contributed by atoms with Crippen LogP contribution >= 0.6 is 0 Å². The third kappa shape index (κ3) is 2.82. The maximum absolute atomic E-state index is 13.8. The standard InChI is InChI=1S/C16H16F2O/c1-10-8-13(15(18)9-14(10)17)16(19)11(2)12-6-4-3-5-7-12/h3-9,11,16,19H,1-2H3. The van der Waals surface area contributed by atoms with Gasteiger partial charge in [-0.1, -0.05) is 37.3 Å². The van der Waals surface area contributed by atoms with Crippen LogP contribution in [0.25, 0.3) is 0 Å². The first-order valence-corrected chi connectivity index (χ1v) is 6.19. The van der Waals surface area contributed by atoms with Gasteiger partial charge in [0.2, 0.25) is 0 Å². The van der Waals surface area contributed by atoms with Crippen LogP contribution in [0, 0.1) is 18.6 Å². The molecule has 0 bridgehead atoms. The van der Waals surface area contributed by atoms with Gasteiger partial charge in [0, 0.05) is 17.5 Å². The van der Waals surface area contributed by atoms with Crippen LogP contribution in [0.2, 0.25) is 0 Å². The number of hydrogen-bond acceptors (Lipinski definition) is 1. The summed E-state index contributed by atoms with van der Waals surface area (Å²) in [7, 11) is 0. The van der Waals surface area contributed by atoms with Crippen molar-refractivity contribution in [2.75, 3.05) is 0 Å². The molecular weight excluding hydrogens is 246 g/mol. The molecular formula is C16H16F2O. The number of hydrogen-bond donors (Lipinski definition) is 1. The molecule has 1 N–H and O–H groups in total. The number of aliphatic hydroxyl groups is 1. The number of halogens is 2. The molecule has 0 aliphatic carbocycles. The van der Waals surface area contributed by atoms with Gasteiger partial charge in [-0.15, -0.1) is 0 Å².